The van der Waals surface area contributed by atoms with Crippen molar-refractivity contribution in [3.8, 4) is 0 Å². The summed E-state index contributed by atoms with van der Waals surface area (Å²) in [4.78, 5) is 20.3. The van der Waals surface area contributed by atoms with E-state index in [1.807, 2.05) is 33.4 Å². The number of hydrogen-bond acceptors (Lipinski definition) is 3. The zero-order valence-corrected chi connectivity index (χ0v) is 12.2. The zero-order chi connectivity index (χ0) is 13.8. The number of aryl methyl sites for hydroxylation is 2. The fraction of sp³-hybridized carbons (Fsp3) is 0.714. The molecule has 1 aliphatic heterocycles. The normalized spacial score (nSPS) is 19.8. The van der Waals surface area contributed by atoms with E-state index in [9.17, 15) is 4.79 Å². The lowest BCUT2D eigenvalue weighted by molar-refractivity contribution is -0.133. The number of carbonyl (C=O) groups excluding carboxylic acids is 1. The van der Waals surface area contributed by atoms with E-state index in [2.05, 4.69) is 14.5 Å². The van der Waals surface area contributed by atoms with Gasteiger partial charge in [-0.25, -0.2) is 4.98 Å². The van der Waals surface area contributed by atoms with Crippen LogP contribution < -0.4 is 0 Å². The van der Waals surface area contributed by atoms with Gasteiger partial charge in [-0.1, -0.05) is 0 Å². The third kappa shape index (κ3) is 3.35. The van der Waals surface area contributed by atoms with Crippen LogP contribution in [0.15, 0.2) is 12.4 Å². The van der Waals surface area contributed by atoms with Crippen molar-refractivity contribution in [1.82, 2.24) is 19.4 Å². The van der Waals surface area contributed by atoms with Gasteiger partial charge >= 0.3 is 0 Å². The van der Waals surface area contributed by atoms with Gasteiger partial charge in [0, 0.05) is 39.6 Å². The molecule has 1 atom stereocenters. The molecule has 0 aliphatic carbocycles. The molecule has 0 radical (unpaired) electrons. The number of likely N-dealkylation sites (N-methyl/N-ethyl adjacent to an activating group) is 1. The molecule has 5 nitrogen and oxygen atoms in total. The molecule has 0 aromatic carbocycles. The molecule has 0 bridgehead atoms. The second kappa shape index (κ2) is 6.19. The minimum atomic E-state index is 0.0962. The fourth-order valence-corrected chi connectivity index (χ4v) is 2.76. The van der Waals surface area contributed by atoms with Gasteiger partial charge in [-0.3, -0.25) is 9.69 Å². The Balaban J connectivity index is 1.82. The summed E-state index contributed by atoms with van der Waals surface area (Å²) in [5, 5.41) is 0. The van der Waals surface area contributed by atoms with Gasteiger partial charge in [-0.2, -0.15) is 0 Å². The predicted octanol–water partition coefficient (Wildman–Crippen LogP) is 1.13. The summed E-state index contributed by atoms with van der Waals surface area (Å²) < 4.78 is 2.17. The van der Waals surface area contributed by atoms with Crippen LogP contribution >= 0.6 is 0 Å². The average molecular weight is 264 g/mol. The highest BCUT2D eigenvalue weighted by molar-refractivity contribution is 5.81. The highest BCUT2D eigenvalue weighted by Crippen LogP contribution is 2.19. The summed E-state index contributed by atoms with van der Waals surface area (Å²) in [5.74, 6) is 1.30. The molecule has 1 aromatic rings. The fourth-order valence-electron chi connectivity index (χ4n) is 2.76. The summed E-state index contributed by atoms with van der Waals surface area (Å²) in [5.41, 5.74) is 0. The van der Waals surface area contributed by atoms with Crippen LogP contribution in [-0.2, 0) is 11.3 Å². The zero-order valence-electron chi connectivity index (χ0n) is 12.2. The van der Waals surface area contributed by atoms with E-state index in [4.69, 9.17) is 0 Å². The maximum Gasteiger partial charge on any atom is 0.239 e. The summed E-state index contributed by atoms with van der Waals surface area (Å²) in [6, 6.07) is 0.0962. The van der Waals surface area contributed by atoms with Crippen LogP contribution in [0.4, 0.5) is 0 Å². The Morgan fingerprint density at radius 3 is 2.89 bits per heavy atom. The Bertz CT molecular complexity index is 427. The van der Waals surface area contributed by atoms with Crippen molar-refractivity contribution in [1.29, 1.82) is 0 Å². The average Bonchev–Trinajstić information content (AvgIpc) is 2.98. The molecule has 5 heteroatoms. The van der Waals surface area contributed by atoms with Crippen molar-refractivity contribution >= 4 is 5.91 Å². The SMILES string of the molecule is Cc1nccn1CCCN1CCC[C@@H]1C(=O)N(C)C. The summed E-state index contributed by atoms with van der Waals surface area (Å²) in [7, 11) is 3.68. The van der Waals surface area contributed by atoms with Gasteiger partial charge in [-0.15, -0.1) is 0 Å². The van der Waals surface area contributed by atoms with Gasteiger partial charge in [-0.05, 0) is 32.7 Å². The van der Waals surface area contributed by atoms with Crippen molar-refractivity contribution in [2.75, 3.05) is 27.2 Å². The van der Waals surface area contributed by atoms with Gasteiger partial charge in [0.15, 0.2) is 0 Å². The number of amides is 1. The first-order valence-corrected chi connectivity index (χ1v) is 7.02. The van der Waals surface area contributed by atoms with E-state index < -0.39 is 0 Å². The van der Waals surface area contributed by atoms with Crippen molar-refractivity contribution in [2.24, 2.45) is 0 Å². The molecule has 19 heavy (non-hydrogen) atoms. The minimum Gasteiger partial charge on any atom is -0.347 e. The predicted molar refractivity (Wildman–Crippen MR) is 74.9 cm³/mol. The quantitative estimate of drug-likeness (QED) is 0.800. The highest BCUT2D eigenvalue weighted by atomic mass is 16.2. The number of imidazole rings is 1. The van der Waals surface area contributed by atoms with Gasteiger partial charge < -0.3 is 9.47 Å². The molecule has 1 amide bonds. The maximum atomic E-state index is 12.1. The Hall–Kier alpha value is -1.36. The molecule has 0 unspecified atom stereocenters. The van der Waals surface area contributed by atoms with Gasteiger partial charge in [0.05, 0.1) is 6.04 Å². The molecule has 1 aromatic heterocycles. The Morgan fingerprint density at radius 2 is 2.26 bits per heavy atom. The Morgan fingerprint density at radius 1 is 1.47 bits per heavy atom. The molecular weight excluding hydrogens is 240 g/mol. The third-order valence-corrected chi connectivity index (χ3v) is 3.86. The lowest BCUT2D eigenvalue weighted by Crippen LogP contribution is -2.43. The molecule has 0 N–H and O–H groups in total. The maximum absolute atomic E-state index is 12.1. The van der Waals surface area contributed by atoms with Gasteiger partial charge in [0.2, 0.25) is 5.91 Å². The molecule has 0 saturated carbocycles. The minimum absolute atomic E-state index is 0.0962. The summed E-state index contributed by atoms with van der Waals surface area (Å²) in [6.07, 6.45) is 7.05. The molecule has 2 rings (SSSR count). The van der Waals surface area contributed by atoms with Crippen molar-refractivity contribution in [2.45, 2.75) is 38.8 Å². The van der Waals surface area contributed by atoms with Crippen molar-refractivity contribution in [3.05, 3.63) is 18.2 Å². The first-order valence-electron chi connectivity index (χ1n) is 7.02. The van der Waals surface area contributed by atoms with Crippen molar-refractivity contribution in [3.63, 3.8) is 0 Å². The van der Waals surface area contributed by atoms with E-state index in [-0.39, 0.29) is 11.9 Å². The molecule has 1 saturated heterocycles. The van der Waals surface area contributed by atoms with Crippen LogP contribution in [0, 0.1) is 6.92 Å². The number of aromatic nitrogens is 2. The molecule has 1 aliphatic rings. The Labute approximate surface area is 115 Å². The first kappa shape index (κ1) is 14.1. The van der Waals surface area contributed by atoms with E-state index >= 15 is 0 Å². The number of hydrogen-bond donors (Lipinski definition) is 0. The van der Waals surface area contributed by atoms with E-state index in [0.29, 0.717) is 0 Å². The van der Waals surface area contributed by atoms with Crippen LogP contribution in [0.2, 0.25) is 0 Å². The first-order chi connectivity index (χ1) is 9.09. The second-order valence-corrected chi connectivity index (χ2v) is 5.45. The molecule has 2 heterocycles. The Kier molecular flexibility index (Phi) is 4.58. The van der Waals surface area contributed by atoms with E-state index in [1.165, 1.54) is 0 Å². The van der Waals surface area contributed by atoms with E-state index in [1.54, 1.807) is 4.90 Å². The van der Waals surface area contributed by atoms with Crippen molar-refractivity contribution < 1.29 is 4.79 Å². The van der Waals surface area contributed by atoms with Gasteiger partial charge in [0.1, 0.15) is 5.82 Å². The summed E-state index contributed by atoms with van der Waals surface area (Å²) >= 11 is 0. The van der Waals surface area contributed by atoms with E-state index in [0.717, 1.165) is 44.7 Å². The number of likely N-dealkylation sites (tertiary alicyclic amines) is 1. The lowest BCUT2D eigenvalue weighted by atomic mass is 10.2. The topological polar surface area (TPSA) is 41.4 Å². The third-order valence-electron chi connectivity index (χ3n) is 3.86. The smallest absolute Gasteiger partial charge is 0.239 e. The second-order valence-electron chi connectivity index (χ2n) is 5.45. The number of carbonyl (C=O) groups is 1. The molecule has 1 fully saturated rings. The molecular formula is C14H24N4O. The number of rotatable bonds is 5. The largest absolute Gasteiger partial charge is 0.347 e. The summed E-state index contributed by atoms with van der Waals surface area (Å²) in [6.45, 7) is 5.04. The van der Waals surface area contributed by atoms with Gasteiger partial charge in [0.25, 0.3) is 0 Å². The number of nitrogens with zero attached hydrogens (tertiary/aromatic N) is 4. The lowest BCUT2D eigenvalue weighted by Gasteiger charge is -2.26. The van der Waals surface area contributed by atoms with Crippen LogP contribution in [0.1, 0.15) is 25.1 Å². The van der Waals surface area contributed by atoms with Crippen LogP contribution in [0.5, 0.6) is 0 Å². The standard InChI is InChI=1S/C14H24N4O/c1-12-15-7-11-17(12)9-5-10-18-8-4-6-13(18)14(19)16(2)3/h7,11,13H,4-6,8-10H2,1-3H3/t13-/m1/s1. The molecule has 0 spiro atoms. The monoisotopic (exact) mass is 264 g/mol. The highest BCUT2D eigenvalue weighted by Gasteiger charge is 2.30. The van der Waals surface area contributed by atoms with Crippen LogP contribution in [0.3, 0.4) is 0 Å². The molecule has 106 valence electrons. The van der Waals surface area contributed by atoms with Crippen LogP contribution in [-0.4, -0.2) is 58.5 Å². The van der Waals surface area contributed by atoms with Crippen LogP contribution in [0.25, 0.3) is 0 Å².